The van der Waals surface area contributed by atoms with Crippen molar-refractivity contribution in [2.24, 2.45) is 5.41 Å². The van der Waals surface area contributed by atoms with Gasteiger partial charge in [0.25, 0.3) is 0 Å². The minimum absolute atomic E-state index is 0.00605. The van der Waals surface area contributed by atoms with Crippen LogP contribution in [0.15, 0.2) is 11.6 Å². The van der Waals surface area contributed by atoms with Crippen molar-refractivity contribution in [2.75, 3.05) is 0 Å². The maximum absolute atomic E-state index is 12.8. The number of ketones is 1. The lowest BCUT2D eigenvalue weighted by Gasteiger charge is -2.23. The maximum atomic E-state index is 12.8. The van der Waals surface area contributed by atoms with E-state index in [-0.39, 0.29) is 23.4 Å². The SMILES string of the molecule is Cc1cc2c(c(C)c1CO)C(C)(C)C/C2=C(/C#N)C(=O)C(C)(C)C. The second kappa shape index (κ2) is 5.86. The summed E-state index contributed by atoms with van der Waals surface area (Å²) in [6.07, 6.45) is 0.669. The number of Topliss-reactive ketones (excluding diaryl/α,β-unsaturated/α-hetero) is 1. The van der Waals surface area contributed by atoms with Crippen LogP contribution in [0.1, 0.15) is 68.9 Å². The van der Waals surface area contributed by atoms with Crippen molar-refractivity contribution >= 4 is 11.4 Å². The third-order valence-corrected chi connectivity index (χ3v) is 5.03. The fraction of sp³-hybridized carbons (Fsp3) is 0.524. The standard InChI is InChI=1S/C21H27NO2/c1-12-8-14-15(16(10-22)19(24)20(3,4)5)9-21(6,7)18(14)13(2)17(12)11-23/h8,23H,9,11H2,1-7H3/b16-15+. The van der Waals surface area contributed by atoms with Crippen LogP contribution >= 0.6 is 0 Å². The normalized spacial score (nSPS) is 18.1. The van der Waals surface area contributed by atoms with Crippen molar-refractivity contribution in [2.45, 2.75) is 66.9 Å². The molecular weight excluding hydrogens is 298 g/mol. The zero-order chi connectivity index (χ0) is 18.4. The number of aryl methyl sites for hydroxylation is 1. The van der Waals surface area contributed by atoms with E-state index in [1.54, 1.807) is 0 Å². The lowest BCUT2D eigenvalue weighted by atomic mass is 9.81. The van der Waals surface area contributed by atoms with Gasteiger partial charge >= 0.3 is 0 Å². The number of hydrogen-bond donors (Lipinski definition) is 1. The molecule has 0 spiro atoms. The molecule has 2 rings (SSSR count). The molecule has 0 bridgehead atoms. The molecule has 0 saturated heterocycles. The molecule has 24 heavy (non-hydrogen) atoms. The summed E-state index contributed by atoms with van der Waals surface area (Å²) in [5, 5.41) is 19.4. The lowest BCUT2D eigenvalue weighted by Crippen LogP contribution is -2.22. The summed E-state index contributed by atoms with van der Waals surface area (Å²) in [6, 6.07) is 4.21. The van der Waals surface area contributed by atoms with Crippen LogP contribution in [0.2, 0.25) is 0 Å². The first kappa shape index (κ1) is 18.4. The Morgan fingerprint density at radius 1 is 1.33 bits per heavy atom. The molecule has 0 radical (unpaired) electrons. The highest BCUT2D eigenvalue weighted by molar-refractivity contribution is 6.09. The van der Waals surface area contributed by atoms with Crippen LogP contribution in [0.4, 0.5) is 0 Å². The summed E-state index contributed by atoms with van der Waals surface area (Å²) in [4.78, 5) is 12.8. The molecule has 1 aliphatic carbocycles. The van der Waals surface area contributed by atoms with Crippen LogP contribution in [0.5, 0.6) is 0 Å². The number of nitriles is 1. The molecule has 1 aromatic rings. The molecule has 3 nitrogen and oxygen atoms in total. The van der Waals surface area contributed by atoms with Gasteiger partial charge < -0.3 is 5.11 Å². The van der Waals surface area contributed by atoms with E-state index < -0.39 is 5.41 Å². The van der Waals surface area contributed by atoms with Crippen molar-refractivity contribution in [3.05, 3.63) is 39.5 Å². The van der Waals surface area contributed by atoms with Gasteiger partial charge in [-0.3, -0.25) is 4.79 Å². The minimum Gasteiger partial charge on any atom is -0.392 e. The Labute approximate surface area is 145 Å². The first-order valence-corrected chi connectivity index (χ1v) is 8.38. The van der Waals surface area contributed by atoms with E-state index in [1.165, 1.54) is 0 Å². The van der Waals surface area contributed by atoms with Crippen molar-refractivity contribution in [1.29, 1.82) is 5.26 Å². The van der Waals surface area contributed by atoms with Crippen molar-refractivity contribution in [3.63, 3.8) is 0 Å². The molecule has 1 N–H and O–H groups in total. The Bertz CT molecular complexity index is 784. The maximum Gasteiger partial charge on any atom is 0.178 e. The number of rotatable bonds is 2. The number of fused-ring (bicyclic) bond motifs is 1. The topological polar surface area (TPSA) is 61.1 Å². The summed E-state index contributed by atoms with van der Waals surface area (Å²) in [5.41, 5.74) is 5.58. The number of carbonyl (C=O) groups excluding carboxylic acids is 1. The van der Waals surface area contributed by atoms with E-state index in [0.29, 0.717) is 6.42 Å². The van der Waals surface area contributed by atoms with Crippen molar-refractivity contribution in [1.82, 2.24) is 0 Å². The van der Waals surface area contributed by atoms with Gasteiger partial charge in [0.1, 0.15) is 6.07 Å². The third kappa shape index (κ3) is 2.80. The summed E-state index contributed by atoms with van der Waals surface area (Å²) in [7, 11) is 0. The molecule has 0 saturated carbocycles. The molecule has 0 heterocycles. The number of benzene rings is 1. The molecule has 0 aromatic heterocycles. The minimum atomic E-state index is -0.583. The van der Waals surface area contributed by atoms with Gasteiger partial charge in [-0.05, 0) is 59.1 Å². The Morgan fingerprint density at radius 3 is 2.38 bits per heavy atom. The van der Waals surface area contributed by atoms with E-state index in [9.17, 15) is 15.2 Å². The van der Waals surface area contributed by atoms with Crippen LogP contribution in [-0.2, 0) is 16.8 Å². The Morgan fingerprint density at radius 2 is 1.92 bits per heavy atom. The number of allylic oxidation sites excluding steroid dienone is 2. The average Bonchev–Trinajstić information content (AvgIpc) is 2.70. The Hall–Kier alpha value is -1.92. The molecule has 0 atom stereocenters. The molecule has 3 heteroatoms. The monoisotopic (exact) mass is 325 g/mol. The van der Waals surface area contributed by atoms with E-state index in [2.05, 4.69) is 19.9 Å². The van der Waals surface area contributed by atoms with Gasteiger partial charge in [0.05, 0.1) is 12.2 Å². The quantitative estimate of drug-likeness (QED) is 0.649. The van der Waals surface area contributed by atoms with E-state index in [1.807, 2.05) is 40.7 Å². The Balaban J connectivity index is 2.84. The molecule has 1 aromatic carbocycles. The van der Waals surface area contributed by atoms with Crippen LogP contribution in [0, 0.1) is 30.6 Å². The van der Waals surface area contributed by atoms with Crippen LogP contribution < -0.4 is 0 Å². The van der Waals surface area contributed by atoms with Gasteiger partial charge in [0.15, 0.2) is 5.78 Å². The summed E-state index contributed by atoms with van der Waals surface area (Å²) in [5.74, 6) is -0.106. The number of aliphatic hydroxyl groups excluding tert-OH is 1. The summed E-state index contributed by atoms with van der Waals surface area (Å²) >= 11 is 0. The fourth-order valence-electron chi connectivity index (χ4n) is 3.86. The largest absolute Gasteiger partial charge is 0.392 e. The van der Waals surface area contributed by atoms with E-state index in [0.717, 1.165) is 33.4 Å². The molecular formula is C21H27NO2. The highest BCUT2D eigenvalue weighted by atomic mass is 16.3. The fourth-order valence-corrected chi connectivity index (χ4v) is 3.86. The van der Waals surface area contributed by atoms with Gasteiger partial charge in [-0.15, -0.1) is 0 Å². The molecule has 0 amide bonds. The molecule has 128 valence electrons. The van der Waals surface area contributed by atoms with Crippen LogP contribution in [0.25, 0.3) is 5.57 Å². The van der Waals surface area contributed by atoms with Gasteiger partial charge in [0, 0.05) is 5.41 Å². The van der Waals surface area contributed by atoms with Gasteiger partial charge in [-0.1, -0.05) is 40.7 Å². The van der Waals surface area contributed by atoms with Gasteiger partial charge in [-0.2, -0.15) is 5.26 Å². The van der Waals surface area contributed by atoms with Crippen LogP contribution in [0.3, 0.4) is 0 Å². The zero-order valence-electron chi connectivity index (χ0n) is 15.8. The van der Waals surface area contributed by atoms with E-state index in [4.69, 9.17) is 0 Å². The average molecular weight is 325 g/mol. The predicted molar refractivity (Wildman–Crippen MR) is 96.5 cm³/mol. The molecule has 0 unspecified atom stereocenters. The number of nitrogens with zero attached hydrogens (tertiary/aromatic N) is 1. The highest BCUT2D eigenvalue weighted by Gasteiger charge is 2.39. The second-order valence-electron chi connectivity index (χ2n) is 8.48. The Kier molecular flexibility index (Phi) is 4.50. The smallest absolute Gasteiger partial charge is 0.178 e. The number of aliphatic hydroxyl groups is 1. The molecule has 1 aliphatic rings. The summed E-state index contributed by atoms with van der Waals surface area (Å²) in [6.45, 7) is 13.8. The first-order valence-electron chi connectivity index (χ1n) is 8.38. The first-order chi connectivity index (χ1) is 11.0. The van der Waals surface area contributed by atoms with Crippen molar-refractivity contribution in [3.8, 4) is 6.07 Å². The lowest BCUT2D eigenvalue weighted by molar-refractivity contribution is -0.122. The van der Waals surface area contributed by atoms with Gasteiger partial charge in [0.2, 0.25) is 0 Å². The van der Waals surface area contributed by atoms with Crippen molar-refractivity contribution < 1.29 is 9.90 Å². The third-order valence-electron chi connectivity index (χ3n) is 5.03. The number of hydrogen-bond acceptors (Lipinski definition) is 3. The summed E-state index contributed by atoms with van der Waals surface area (Å²) < 4.78 is 0. The predicted octanol–water partition coefficient (Wildman–Crippen LogP) is 4.37. The second-order valence-corrected chi connectivity index (χ2v) is 8.48. The molecule has 0 fully saturated rings. The molecule has 0 aliphatic heterocycles. The number of carbonyl (C=O) groups is 1. The zero-order valence-corrected chi connectivity index (χ0v) is 15.8. The highest BCUT2D eigenvalue weighted by Crippen LogP contribution is 2.49. The van der Waals surface area contributed by atoms with E-state index >= 15 is 0 Å². The van der Waals surface area contributed by atoms with Crippen LogP contribution in [-0.4, -0.2) is 10.9 Å². The van der Waals surface area contributed by atoms with Gasteiger partial charge in [-0.25, -0.2) is 0 Å².